The highest BCUT2D eigenvalue weighted by Gasteiger charge is 2.11. The SMILES string of the molecule is CCCCCC/C=C/SC1CCCCC1. The highest BCUT2D eigenvalue weighted by molar-refractivity contribution is 8.02. The fourth-order valence-corrected chi connectivity index (χ4v) is 3.20. The highest BCUT2D eigenvalue weighted by Crippen LogP contribution is 2.28. The van der Waals surface area contributed by atoms with Crippen molar-refractivity contribution < 1.29 is 0 Å². The molecule has 0 saturated heterocycles. The topological polar surface area (TPSA) is 0 Å². The summed E-state index contributed by atoms with van der Waals surface area (Å²) in [7, 11) is 0. The zero-order valence-electron chi connectivity index (χ0n) is 10.2. The van der Waals surface area contributed by atoms with Crippen molar-refractivity contribution in [1.82, 2.24) is 0 Å². The van der Waals surface area contributed by atoms with Gasteiger partial charge in [0.05, 0.1) is 0 Å². The Hall–Kier alpha value is 0.0900. The average molecular weight is 226 g/mol. The lowest BCUT2D eigenvalue weighted by Gasteiger charge is -2.18. The van der Waals surface area contributed by atoms with Crippen LogP contribution in [0, 0.1) is 0 Å². The molecule has 1 aliphatic carbocycles. The summed E-state index contributed by atoms with van der Waals surface area (Å²) in [5, 5.41) is 3.30. The number of allylic oxidation sites excluding steroid dienone is 1. The van der Waals surface area contributed by atoms with E-state index in [0.29, 0.717) is 0 Å². The molecule has 0 atom stereocenters. The van der Waals surface area contributed by atoms with Gasteiger partial charge in [-0.25, -0.2) is 0 Å². The molecule has 0 unspecified atom stereocenters. The molecule has 1 aliphatic rings. The predicted molar refractivity (Wildman–Crippen MR) is 72.4 cm³/mol. The van der Waals surface area contributed by atoms with Crippen LogP contribution in [-0.2, 0) is 0 Å². The first kappa shape index (κ1) is 13.2. The van der Waals surface area contributed by atoms with Gasteiger partial charge in [0.1, 0.15) is 0 Å². The number of thioether (sulfide) groups is 1. The van der Waals surface area contributed by atoms with Gasteiger partial charge in [-0.3, -0.25) is 0 Å². The maximum Gasteiger partial charge on any atom is 0.00883 e. The standard InChI is InChI=1S/C14H26S/c1-2-3-4-5-6-10-13-15-14-11-8-7-9-12-14/h10,13-14H,2-9,11-12H2,1H3/b13-10+. The summed E-state index contributed by atoms with van der Waals surface area (Å²) in [5.74, 6) is 0. The molecule has 0 aliphatic heterocycles. The highest BCUT2D eigenvalue weighted by atomic mass is 32.2. The van der Waals surface area contributed by atoms with Crippen molar-refractivity contribution in [3.05, 3.63) is 11.5 Å². The van der Waals surface area contributed by atoms with Crippen molar-refractivity contribution in [1.29, 1.82) is 0 Å². The van der Waals surface area contributed by atoms with E-state index in [2.05, 4.69) is 30.2 Å². The second kappa shape index (κ2) is 9.33. The van der Waals surface area contributed by atoms with Gasteiger partial charge in [-0.1, -0.05) is 51.5 Å². The molecule has 0 aromatic heterocycles. The molecule has 1 saturated carbocycles. The van der Waals surface area contributed by atoms with Gasteiger partial charge in [-0.05, 0) is 31.1 Å². The average Bonchev–Trinajstić information content (AvgIpc) is 2.29. The molecule has 0 bridgehead atoms. The summed E-state index contributed by atoms with van der Waals surface area (Å²) in [6, 6.07) is 0. The van der Waals surface area contributed by atoms with Crippen molar-refractivity contribution >= 4 is 11.8 Å². The maximum atomic E-state index is 2.38. The summed E-state index contributed by atoms with van der Waals surface area (Å²) in [5.41, 5.74) is 0. The quantitative estimate of drug-likeness (QED) is 0.514. The Bertz CT molecular complexity index is 157. The Morgan fingerprint density at radius 3 is 2.60 bits per heavy atom. The lowest BCUT2D eigenvalue weighted by Crippen LogP contribution is -2.06. The van der Waals surface area contributed by atoms with E-state index in [1.54, 1.807) is 0 Å². The van der Waals surface area contributed by atoms with Gasteiger partial charge in [-0.2, -0.15) is 0 Å². The van der Waals surface area contributed by atoms with Gasteiger partial charge in [0, 0.05) is 5.25 Å². The Morgan fingerprint density at radius 1 is 1.07 bits per heavy atom. The van der Waals surface area contributed by atoms with E-state index in [0.717, 1.165) is 5.25 Å². The van der Waals surface area contributed by atoms with Crippen LogP contribution in [0.5, 0.6) is 0 Å². The van der Waals surface area contributed by atoms with Gasteiger partial charge in [0.25, 0.3) is 0 Å². The lowest BCUT2D eigenvalue weighted by atomic mass is 10.0. The Morgan fingerprint density at radius 2 is 1.87 bits per heavy atom. The van der Waals surface area contributed by atoms with E-state index in [1.807, 2.05) is 0 Å². The van der Waals surface area contributed by atoms with Crippen molar-refractivity contribution in [3.63, 3.8) is 0 Å². The molecular formula is C14H26S. The molecule has 88 valence electrons. The summed E-state index contributed by atoms with van der Waals surface area (Å²) in [6.07, 6.45) is 16.5. The van der Waals surface area contributed by atoms with Crippen LogP contribution in [0.1, 0.15) is 71.1 Å². The molecule has 0 N–H and O–H groups in total. The Kier molecular flexibility index (Phi) is 8.18. The number of rotatable bonds is 7. The molecule has 1 rings (SSSR count). The fourth-order valence-electron chi connectivity index (χ4n) is 2.12. The predicted octanol–water partition coefficient (Wildman–Crippen LogP) is 5.54. The van der Waals surface area contributed by atoms with Crippen molar-refractivity contribution in [2.75, 3.05) is 0 Å². The second-order valence-electron chi connectivity index (χ2n) is 4.62. The molecule has 0 heterocycles. The normalized spacial score (nSPS) is 18.7. The van der Waals surface area contributed by atoms with Crippen LogP contribution in [0.15, 0.2) is 11.5 Å². The van der Waals surface area contributed by atoms with E-state index in [9.17, 15) is 0 Å². The summed E-state index contributed by atoms with van der Waals surface area (Å²) < 4.78 is 0. The number of unbranched alkanes of at least 4 members (excludes halogenated alkanes) is 4. The van der Waals surface area contributed by atoms with Crippen LogP contribution in [0.25, 0.3) is 0 Å². The molecule has 0 radical (unpaired) electrons. The Labute approximate surface area is 99.9 Å². The largest absolute Gasteiger partial charge is 0.131 e. The first-order valence-corrected chi connectivity index (χ1v) is 7.68. The van der Waals surface area contributed by atoms with E-state index in [1.165, 1.54) is 64.2 Å². The minimum absolute atomic E-state index is 0.936. The fraction of sp³-hybridized carbons (Fsp3) is 0.857. The molecule has 1 heteroatoms. The van der Waals surface area contributed by atoms with Crippen molar-refractivity contribution in [2.24, 2.45) is 0 Å². The number of hydrogen-bond acceptors (Lipinski definition) is 1. The van der Waals surface area contributed by atoms with Gasteiger partial charge in [-0.15, -0.1) is 11.8 Å². The van der Waals surface area contributed by atoms with Crippen LogP contribution in [0.3, 0.4) is 0 Å². The molecule has 0 aromatic rings. The Balaban J connectivity index is 1.91. The van der Waals surface area contributed by atoms with E-state index < -0.39 is 0 Å². The zero-order valence-corrected chi connectivity index (χ0v) is 11.0. The smallest absolute Gasteiger partial charge is 0.00883 e. The third-order valence-corrected chi connectivity index (χ3v) is 4.35. The summed E-state index contributed by atoms with van der Waals surface area (Å²) >= 11 is 2.08. The van der Waals surface area contributed by atoms with Crippen LogP contribution in [-0.4, -0.2) is 5.25 Å². The first-order chi connectivity index (χ1) is 7.43. The third kappa shape index (κ3) is 7.05. The second-order valence-corrected chi connectivity index (χ2v) is 5.83. The van der Waals surface area contributed by atoms with Gasteiger partial charge >= 0.3 is 0 Å². The minimum Gasteiger partial charge on any atom is -0.131 e. The summed E-state index contributed by atoms with van der Waals surface area (Å²) in [6.45, 7) is 2.27. The zero-order chi connectivity index (χ0) is 10.8. The molecule has 1 fully saturated rings. The van der Waals surface area contributed by atoms with Crippen LogP contribution < -0.4 is 0 Å². The van der Waals surface area contributed by atoms with Crippen LogP contribution in [0.4, 0.5) is 0 Å². The monoisotopic (exact) mass is 226 g/mol. The third-order valence-electron chi connectivity index (χ3n) is 3.14. The summed E-state index contributed by atoms with van der Waals surface area (Å²) in [4.78, 5) is 0. The molecule has 0 amide bonds. The van der Waals surface area contributed by atoms with E-state index >= 15 is 0 Å². The lowest BCUT2D eigenvalue weighted by molar-refractivity contribution is 0.517. The van der Waals surface area contributed by atoms with Crippen LogP contribution >= 0.6 is 11.8 Å². The van der Waals surface area contributed by atoms with E-state index in [4.69, 9.17) is 0 Å². The maximum absolute atomic E-state index is 2.38. The van der Waals surface area contributed by atoms with E-state index in [-0.39, 0.29) is 0 Å². The van der Waals surface area contributed by atoms with Gasteiger partial charge in [0.2, 0.25) is 0 Å². The van der Waals surface area contributed by atoms with Crippen LogP contribution in [0.2, 0.25) is 0 Å². The molecule has 0 nitrogen and oxygen atoms in total. The molecular weight excluding hydrogens is 200 g/mol. The van der Waals surface area contributed by atoms with Gasteiger partial charge in [0.15, 0.2) is 0 Å². The first-order valence-electron chi connectivity index (χ1n) is 6.74. The number of hydrogen-bond donors (Lipinski definition) is 0. The van der Waals surface area contributed by atoms with Gasteiger partial charge < -0.3 is 0 Å². The molecule has 15 heavy (non-hydrogen) atoms. The van der Waals surface area contributed by atoms with Crippen molar-refractivity contribution in [2.45, 2.75) is 76.4 Å². The molecule has 0 spiro atoms. The van der Waals surface area contributed by atoms with Crippen molar-refractivity contribution in [3.8, 4) is 0 Å². The molecule has 0 aromatic carbocycles. The minimum atomic E-state index is 0.936.